The summed E-state index contributed by atoms with van der Waals surface area (Å²) in [7, 11) is 1.62. The van der Waals surface area contributed by atoms with Gasteiger partial charge in [0, 0.05) is 38.2 Å². The zero-order valence-corrected chi connectivity index (χ0v) is 27.1. The van der Waals surface area contributed by atoms with Crippen molar-refractivity contribution in [3.63, 3.8) is 0 Å². The monoisotopic (exact) mass is 643 g/mol. The van der Waals surface area contributed by atoms with Crippen LogP contribution in [0.4, 0.5) is 10.5 Å². The lowest BCUT2D eigenvalue weighted by Crippen LogP contribution is -2.45. The van der Waals surface area contributed by atoms with E-state index in [1.165, 1.54) is 11.1 Å². The van der Waals surface area contributed by atoms with Crippen LogP contribution in [-0.2, 0) is 28.8 Å². The number of carbonyl (C=O) groups is 1. The van der Waals surface area contributed by atoms with Crippen LogP contribution in [0, 0.1) is 0 Å². The molecule has 1 atom stereocenters. The molecule has 3 aromatic rings. The maximum absolute atomic E-state index is 12.4. The van der Waals surface area contributed by atoms with Crippen LogP contribution in [0.2, 0.25) is 0 Å². The third-order valence-electron chi connectivity index (χ3n) is 10.3. The number of rotatable bonds is 6. The first kappa shape index (κ1) is 31.8. The number of hydrogen-bond acceptors (Lipinski definition) is 9. The number of amides is 1. The number of piperidine rings is 2. The van der Waals surface area contributed by atoms with Gasteiger partial charge in [0.1, 0.15) is 23.4 Å². The van der Waals surface area contributed by atoms with E-state index >= 15 is 0 Å². The van der Waals surface area contributed by atoms with Crippen LogP contribution in [0.15, 0.2) is 60.7 Å². The molecule has 0 aliphatic carbocycles. The molecule has 47 heavy (non-hydrogen) atoms. The second-order valence-corrected chi connectivity index (χ2v) is 13.3. The number of benzene rings is 3. The van der Waals surface area contributed by atoms with E-state index in [1.807, 2.05) is 48.5 Å². The molecule has 3 N–H and O–H groups in total. The maximum Gasteiger partial charge on any atom is 0.414 e. The fourth-order valence-electron chi connectivity index (χ4n) is 7.35. The Morgan fingerprint density at radius 1 is 0.830 bits per heavy atom. The Labute approximate surface area is 276 Å². The van der Waals surface area contributed by atoms with E-state index in [2.05, 4.69) is 22.3 Å². The number of carbonyl (C=O) groups excluding carboxylic acids is 1. The Balaban J connectivity index is 0.000000183. The van der Waals surface area contributed by atoms with Gasteiger partial charge in [-0.1, -0.05) is 12.1 Å². The molecule has 3 saturated heterocycles. The number of nitrogens with zero attached hydrogens (tertiary/aromatic N) is 2. The molecule has 3 aromatic carbocycles. The summed E-state index contributed by atoms with van der Waals surface area (Å²) in [6.07, 6.45) is 4.30. The van der Waals surface area contributed by atoms with Gasteiger partial charge in [0.2, 0.25) is 0 Å². The molecular formula is C37H45N3O7. The standard InChI is InChI=1S/C24H28N2O5.C13H17NO2/c1-29-20-5-3-19(4-6-20)26-16-21(31-23(26)27)15-25-11-9-24(28,10-12-25)18-2-7-22-17(14-18)8-13-30-22;15-13(4-6-14-7-5-13)11-1-2-12-10(9-11)3-8-16-12/h2-7,14,21,28H,8-13,15-16H2,1H3;1-2,9,14-15H,3-8H2. The Bertz CT molecular complexity index is 1560. The predicted octanol–water partition coefficient (Wildman–Crippen LogP) is 4.13. The number of hydrogen-bond donors (Lipinski definition) is 3. The zero-order chi connectivity index (χ0) is 32.4. The Morgan fingerprint density at radius 3 is 1.98 bits per heavy atom. The van der Waals surface area contributed by atoms with Gasteiger partial charge in [-0.05, 0) is 110 Å². The normalized spacial score (nSPS) is 22.7. The highest BCUT2D eigenvalue weighted by Crippen LogP contribution is 2.37. The molecular weight excluding hydrogens is 598 g/mol. The number of fused-ring (bicyclic) bond motifs is 2. The largest absolute Gasteiger partial charge is 0.497 e. The van der Waals surface area contributed by atoms with Crippen LogP contribution in [-0.4, -0.2) is 86.9 Å². The molecule has 5 heterocycles. The van der Waals surface area contributed by atoms with E-state index in [1.54, 1.807) is 12.0 Å². The number of aliphatic hydroxyl groups is 2. The minimum atomic E-state index is -0.810. The number of ether oxygens (including phenoxy) is 4. The summed E-state index contributed by atoms with van der Waals surface area (Å²) in [6, 6.07) is 19.6. The Kier molecular flexibility index (Phi) is 9.02. The fraction of sp³-hybridized carbons (Fsp3) is 0.486. The zero-order valence-electron chi connectivity index (χ0n) is 27.1. The summed E-state index contributed by atoms with van der Waals surface area (Å²) in [6.45, 7) is 6.01. The average Bonchev–Trinajstić information content (AvgIpc) is 3.86. The smallest absolute Gasteiger partial charge is 0.414 e. The van der Waals surface area contributed by atoms with Crippen molar-refractivity contribution < 1.29 is 34.0 Å². The van der Waals surface area contributed by atoms with Crippen molar-refractivity contribution in [2.75, 3.05) is 64.5 Å². The van der Waals surface area contributed by atoms with Crippen LogP contribution in [0.25, 0.3) is 0 Å². The summed E-state index contributed by atoms with van der Waals surface area (Å²) < 4.78 is 21.9. The molecule has 10 heteroatoms. The first-order valence-electron chi connectivity index (χ1n) is 16.8. The number of likely N-dealkylation sites (tertiary alicyclic amines) is 1. The fourth-order valence-corrected chi connectivity index (χ4v) is 7.35. The molecule has 250 valence electrons. The van der Waals surface area contributed by atoms with Gasteiger partial charge in [0.05, 0.1) is 38.1 Å². The molecule has 0 radical (unpaired) electrons. The summed E-state index contributed by atoms with van der Waals surface area (Å²) in [5.74, 6) is 2.68. The van der Waals surface area contributed by atoms with Crippen molar-refractivity contribution in [2.45, 2.75) is 55.8 Å². The first-order valence-corrected chi connectivity index (χ1v) is 16.8. The van der Waals surface area contributed by atoms with Crippen molar-refractivity contribution in [2.24, 2.45) is 0 Å². The third-order valence-corrected chi connectivity index (χ3v) is 10.3. The van der Waals surface area contributed by atoms with Crippen LogP contribution in [0.3, 0.4) is 0 Å². The highest BCUT2D eigenvalue weighted by molar-refractivity contribution is 5.89. The molecule has 1 unspecified atom stereocenters. The lowest BCUT2D eigenvalue weighted by Gasteiger charge is -2.39. The van der Waals surface area contributed by atoms with Crippen LogP contribution < -0.4 is 24.4 Å². The van der Waals surface area contributed by atoms with Gasteiger partial charge in [0.15, 0.2) is 0 Å². The van der Waals surface area contributed by atoms with E-state index in [0.29, 0.717) is 25.9 Å². The van der Waals surface area contributed by atoms with Crippen LogP contribution in [0.5, 0.6) is 17.2 Å². The maximum atomic E-state index is 12.4. The van der Waals surface area contributed by atoms with Crippen molar-refractivity contribution in [3.05, 3.63) is 82.9 Å². The lowest BCUT2D eigenvalue weighted by atomic mass is 9.83. The molecule has 0 spiro atoms. The highest BCUT2D eigenvalue weighted by Gasteiger charge is 2.38. The molecule has 1 amide bonds. The number of anilines is 1. The number of nitrogens with one attached hydrogen (secondary N) is 1. The molecule has 5 aliphatic heterocycles. The van der Waals surface area contributed by atoms with Gasteiger partial charge >= 0.3 is 6.09 Å². The van der Waals surface area contributed by atoms with Gasteiger partial charge in [-0.15, -0.1) is 0 Å². The third kappa shape index (κ3) is 6.78. The van der Waals surface area contributed by atoms with E-state index in [0.717, 1.165) is 99.1 Å². The van der Waals surface area contributed by atoms with E-state index in [4.69, 9.17) is 18.9 Å². The molecule has 3 fully saturated rings. The second kappa shape index (κ2) is 13.4. The van der Waals surface area contributed by atoms with Crippen molar-refractivity contribution in [3.8, 4) is 17.2 Å². The number of cyclic esters (lactones) is 1. The SMILES string of the molecule is COc1ccc(N2CC(CN3CCC(O)(c4ccc5c(c4)CCO5)CC3)OC2=O)cc1.OC1(c2ccc3c(c2)CCO3)CCNCC1. The molecule has 8 rings (SSSR count). The summed E-state index contributed by atoms with van der Waals surface area (Å²) in [4.78, 5) is 16.3. The van der Waals surface area contributed by atoms with E-state index in [9.17, 15) is 15.0 Å². The topological polar surface area (TPSA) is 113 Å². The summed E-state index contributed by atoms with van der Waals surface area (Å²) in [5, 5.41) is 25.1. The average molecular weight is 644 g/mol. The van der Waals surface area contributed by atoms with Crippen LogP contribution in [0.1, 0.15) is 47.9 Å². The van der Waals surface area contributed by atoms with E-state index < -0.39 is 11.2 Å². The molecule has 10 nitrogen and oxygen atoms in total. The lowest BCUT2D eigenvalue weighted by molar-refractivity contribution is -0.0325. The number of methoxy groups -OCH3 is 1. The molecule has 0 saturated carbocycles. The Hall–Kier alpha value is -3.83. The molecule has 5 aliphatic rings. The van der Waals surface area contributed by atoms with Gasteiger partial charge in [-0.2, -0.15) is 0 Å². The Morgan fingerprint density at radius 2 is 1.40 bits per heavy atom. The first-order chi connectivity index (χ1) is 22.8. The van der Waals surface area contributed by atoms with E-state index in [-0.39, 0.29) is 12.2 Å². The predicted molar refractivity (Wildman–Crippen MR) is 177 cm³/mol. The minimum absolute atomic E-state index is 0.182. The second-order valence-electron chi connectivity index (χ2n) is 13.3. The van der Waals surface area contributed by atoms with Crippen molar-refractivity contribution in [1.29, 1.82) is 0 Å². The summed E-state index contributed by atoms with van der Waals surface area (Å²) >= 11 is 0. The van der Waals surface area contributed by atoms with Gasteiger partial charge in [-0.25, -0.2) is 4.79 Å². The van der Waals surface area contributed by atoms with Gasteiger partial charge in [0.25, 0.3) is 0 Å². The van der Waals surface area contributed by atoms with Gasteiger partial charge < -0.3 is 34.5 Å². The minimum Gasteiger partial charge on any atom is -0.497 e. The van der Waals surface area contributed by atoms with Crippen LogP contribution >= 0.6 is 0 Å². The van der Waals surface area contributed by atoms with Crippen molar-refractivity contribution >= 4 is 11.8 Å². The molecule has 0 aromatic heterocycles. The quantitative estimate of drug-likeness (QED) is 0.365. The van der Waals surface area contributed by atoms with Crippen molar-refractivity contribution in [1.82, 2.24) is 10.2 Å². The molecule has 0 bridgehead atoms. The summed E-state index contributed by atoms with van der Waals surface area (Å²) in [5.41, 5.74) is 3.82. The highest BCUT2D eigenvalue weighted by atomic mass is 16.6. The van der Waals surface area contributed by atoms with Gasteiger partial charge in [-0.3, -0.25) is 9.80 Å².